The van der Waals surface area contributed by atoms with E-state index in [4.69, 9.17) is 4.74 Å². The molecule has 2 rings (SSSR count). The van der Waals surface area contributed by atoms with Gasteiger partial charge in [-0.3, -0.25) is 0 Å². The molecule has 0 saturated heterocycles. The molecule has 0 aliphatic heterocycles. The standard InChI is InChI=1S/C17H27NO/c1-12-5-6-13(2)17(11-12)14(3)18-15-7-9-16(19-4)10-8-15/h5-6,11,14-16,18H,7-10H2,1-4H3. The third-order valence-corrected chi connectivity index (χ3v) is 4.39. The first-order chi connectivity index (χ1) is 9.10. The maximum absolute atomic E-state index is 5.44. The summed E-state index contributed by atoms with van der Waals surface area (Å²) in [5.41, 5.74) is 4.17. The van der Waals surface area contributed by atoms with Crippen LogP contribution in [0.2, 0.25) is 0 Å². The van der Waals surface area contributed by atoms with E-state index in [2.05, 4.69) is 44.3 Å². The summed E-state index contributed by atoms with van der Waals surface area (Å²) >= 11 is 0. The van der Waals surface area contributed by atoms with Gasteiger partial charge in [0.15, 0.2) is 0 Å². The SMILES string of the molecule is COC1CCC(NC(C)c2cc(C)ccc2C)CC1. The minimum Gasteiger partial charge on any atom is -0.381 e. The fourth-order valence-electron chi connectivity index (χ4n) is 3.13. The Morgan fingerprint density at radius 2 is 1.84 bits per heavy atom. The highest BCUT2D eigenvalue weighted by atomic mass is 16.5. The second-order valence-electron chi connectivity index (χ2n) is 5.96. The number of methoxy groups -OCH3 is 1. The topological polar surface area (TPSA) is 21.3 Å². The molecular formula is C17H27NO. The van der Waals surface area contributed by atoms with Crippen LogP contribution in [0, 0.1) is 13.8 Å². The minimum atomic E-state index is 0.434. The molecule has 1 aromatic rings. The highest BCUT2D eigenvalue weighted by molar-refractivity contribution is 5.32. The summed E-state index contributed by atoms with van der Waals surface area (Å²) in [6.07, 6.45) is 5.32. The van der Waals surface area contributed by atoms with Gasteiger partial charge in [0.05, 0.1) is 6.10 Å². The highest BCUT2D eigenvalue weighted by Gasteiger charge is 2.22. The Morgan fingerprint density at radius 1 is 1.16 bits per heavy atom. The predicted molar refractivity (Wildman–Crippen MR) is 80.5 cm³/mol. The van der Waals surface area contributed by atoms with Crippen LogP contribution in [0.3, 0.4) is 0 Å². The van der Waals surface area contributed by atoms with Gasteiger partial charge in [-0.15, -0.1) is 0 Å². The molecule has 0 amide bonds. The third-order valence-electron chi connectivity index (χ3n) is 4.39. The van der Waals surface area contributed by atoms with Gasteiger partial charge in [-0.05, 0) is 57.6 Å². The van der Waals surface area contributed by atoms with E-state index in [1.165, 1.54) is 42.4 Å². The molecule has 1 saturated carbocycles. The van der Waals surface area contributed by atoms with Gasteiger partial charge in [0.1, 0.15) is 0 Å². The number of rotatable bonds is 4. The van der Waals surface area contributed by atoms with Gasteiger partial charge < -0.3 is 10.1 Å². The van der Waals surface area contributed by atoms with Crippen molar-refractivity contribution in [1.29, 1.82) is 0 Å². The molecular weight excluding hydrogens is 234 g/mol. The number of ether oxygens (including phenoxy) is 1. The number of hydrogen-bond donors (Lipinski definition) is 1. The second-order valence-corrected chi connectivity index (χ2v) is 5.96. The lowest BCUT2D eigenvalue weighted by molar-refractivity contribution is 0.0614. The summed E-state index contributed by atoms with van der Waals surface area (Å²) in [6.45, 7) is 6.65. The van der Waals surface area contributed by atoms with Gasteiger partial charge in [0.25, 0.3) is 0 Å². The first-order valence-corrected chi connectivity index (χ1v) is 7.46. The lowest BCUT2D eigenvalue weighted by Crippen LogP contribution is -2.36. The molecule has 1 aromatic carbocycles. The number of hydrogen-bond acceptors (Lipinski definition) is 2. The molecule has 0 spiro atoms. The van der Waals surface area contributed by atoms with E-state index in [0.29, 0.717) is 18.2 Å². The van der Waals surface area contributed by atoms with E-state index >= 15 is 0 Å². The van der Waals surface area contributed by atoms with Crippen LogP contribution < -0.4 is 5.32 Å². The van der Waals surface area contributed by atoms with Crippen molar-refractivity contribution in [2.75, 3.05) is 7.11 Å². The highest BCUT2D eigenvalue weighted by Crippen LogP contribution is 2.25. The van der Waals surface area contributed by atoms with E-state index in [1.807, 2.05) is 7.11 Å². The molecule has 0 radical (unpaired) electrons. The van der Waals surface area contributed by atoms with Crippen LogP contribution in [-0.4, -0.2) is 19.3 Å². The maximum Gasteiger partial charge on any atom is 0.0572 e. The number of benzene rings is 1. The number of nitrogens with one attached hydrogen (secondary N) is 1. The Bertz CT molecular complexity index is 408. The summed E-state index contributed by atoms with van der Waals surface area (Å²) < 4.78 is 5.44. The molecule has 1 aliphatic rings. The van der Waals surface area contributed by atoms with Gasteiger partial charge in [-0.1, -0.05) is 23.8 Å². The van der Waals surface area contributed by atoms with Crippen molar-refractivity contribution < 1.29 is 4.74 Å². The molecule has 2 nitrogen and oxygen atoms in total. The van der Waals surface area contributed by atoms with Gasteiger partial charge in [0, 0.05) is 19.2 Å². The van der Waals surface area contributed by atoms with Crippen molar-refractivity contribution in [2.24, 2.45) is 0 Å². The van der Waals surface area contributed by atoms with Crippen LogP contribution in [0.4, 0.5) is 0 Å². The normalized spacial score (nSPS) is 25.3. The van der Waals surface area contributed by atoms with Crippen LogP contribution in [0.1, 0.15) is 55.3 Å². The van der Waals surface area contributed by atoms with Crippen LogP contribution in [-0.2, 0) is 4.74 Å². The summed E-state index contributed by atoms with van der Waals surface area (Å²) in [5.74, 6) is 0. The van der Waals surface area contributed by atoms with Crippen molar-refractivity contribution in [3.8, 4) is 0 Å². The van der Waals surface area contributed by atoms with Crippen molar-refractivity contribution in [1.82, 2.24) is 5.32 Å². The zero-order valence-electron chi connectivity index (χ0n) is 12.7. The zero-order valence-corrected chi connectivity index (χ0v) is 12.7. The zero-order chi connectivity index (χ0) is 13.8. The van der Waals surface area contributed by atoms with Crippen LogP contribution >= 0.6 is 0 Å². The van der Waals surface area contributed by atoms with Crippen LogP contribution in [0.25, 0.3) is 0 Å². The Balaban J connectivity index is 1.94. The first kappa shape index (κ1) is 14.5. The lowest BCUT2D eigenvalue weighted by Gasteiger charge is -2.31. The molecule has 1 N–H and O–H groups in total. The molecule has 0 aromatic heterocycles. The predicted octanol–water partition coefficient (Wildman–Crippen LogP) is 3.91. The summed E-state index contributed by atoms with van der Waals surface area (Å²) in [6, 6.07) is 7.80. The molecule has 1 unspecified atom stereocenters. The largest absolute Gasteiger partial charge is 0.381 e. The average molecular weight is 261 g/mol. The Kier molecular flexibility index (Phi) is 5.00. The van der Waals surface area contributed by atoms with Crippen molar-refractivity contribution >= 4 is 0 Å². The van der Waals surface area contributed by atoms with E-state index < -0.39 is 0 Å². The maximum atomic E-state index is 5.44. The van der Waals surface area contributed by atoms with Crippen molar-refractivity contribution in [3.05, 3.63) is 34.9 Å². The fraction of sp³-hybridized carbons (Fsp3) is 0.647. The van der Waals surface area contributed by atoms with Gasteiger partial charge in [-0.25, -0.2) is 0 Å². The van der Waals surface area contributed by atoms with E-state index in [0.717, 1.165) is 0 Å². The van der Waals surface area contributed by atoms with Crippen LogP contribution in [0.15, 0.2) is 18.2 Å². The first-order valence-electron chi connectivity index (χ1n) is 7.46. The Morgan fingerprint density at radius 3 is 2.47 bits per heavy atom. The third kappa shape index (κ3) is 3.80. The fourth-order valence-corrected chi connectivity index (χ4v) is 3.13. The van der Waals surface area contributed by atoms with E-state index in [1.54, 1.807) is 0 Å². The minimum absolute atomic E-state index is 0.434. The summed E-state index contributed by atoms with van der Waals surface area (Å²) in [7, 11) is 1.83. The van der Waals surface area contributed by atoms with E-state index in [9.17, 15) is 0 Å². The molecule has 0 bridgehead atoms. The van der Waals surface area contributed by atoms with Crippen molar-refractivity contribution in [2.45, 2.75) is 64.6 Å². The Labute approximate surface area is 117 Å². The quantitative estimate of drug-likeness (QED) is 0.887. The van der Waals surface area contributed by atoms with Gasteiger partial charge in [0.2, 0.25) is 0 Å². The van der Waals surface area contributed by atoms with E-state index in [-0.39, 0.29) is 0 Å². The molecule has 0 heterocycles. The lowest BCUT2D eigenvalue weighted by atomic mass is 9.91. The van der Waals surface area contributed by atoms with Gasteiger partial charge in [-0.2, -0.15) is 0 Å². The molecule has 19 heavy (non-hydrogen) atoms. The molecule has 106 valence electrons. The van der Waals surface area contributed by atoms with Gasteiger partial charge >= 0.3 is 0 Å². The smallest absolute Gasteiger partial charge is 0.0572 e. The summed E-state index contributed by atoms with van der Waals surface area (Å²) in [4.78, 5) is 0. The molecule has 1 fully saturated rings. The molecule has 2 heteroatoms. The molecule has 1 atom stereocenters. The van der Waals surface area contributed by atoms with Crippen LogP contribution in [0.5, 0.6) is 0 Å². The second kappa shape index (κ2) is 6.53. The number of aryl methyl sites for hydroxylation is 2. The summed E-state index contributed by atoms with van der Waals surface area (Å²) in [5, 5.41) is 3.79. The molecule has 1 aliphatic carbocycles. The average Bonchev–Trinajstić information content (AvgIpc) is 2.42. The monoisotopic (exact) mass is 261 g/mol. The van der Waals surface area contributed by atoms with Crippen molar-refractivity contribution in [3.63, 3.8) is 0 Å². The Hall–Kier alpha value is -0.860.